The average molecular weight is 266 g/mol. The summed E-state index contributed by atoms with van der Waals surface area (Å²) in [7, 11) is 2.90. The van der Waals surface area contributed by atoms with E-state index < -0.39 is 0 Å². The summed E-state index contributed by atoms with van der Waals surface area (Å²) < 4.78 is 19.8. The minimum Gasteiger partial charge on any atom is -0.491 e. The van der Waals surface area contributed by atoms with Gasteiger partial charge in [0, 0.05) is 12.7 Å². The number of rotatable bonds is 8. The summed E-state index contributed by atoms with van der Waals surface area (Å²) >= 11 is 0. The van der Waals surface area contributed by atoms with Crippen LogP contribution in [0.25, 0.3) is 5.76 Å². The third-order valence-corrected chi connectivity index (χ3v) is 2.33. The number of carbonyl (C=O) groups excluding carboxylic acids is 1. The molecule has 0 radical (unpaired) electrons. The quantitative estimate of drug-likeness (QED) is 0.312. The van der Waals surface area contributed by atoms with Gasteiger partial charge in [0.15, 0.2) is 0 Å². The molecule has 0 aromatic heterocycles. The lowest BCUT2D eigenvalue weighted by atomic mass is 10.1. The van der Waals surface area contributed by atoms with Gasteiger partial charge in [-0.05, 0) is 12.1 Å². The molecule has 0 atom stereocenters. The summed E-state index contributed by atoms with van der Waals surface area (Å²) in [5.74, 6) is 0.156. The molecular weight excluding hydrogens is 248 g/mol. The Hall–Kier alpha value is -1.85. The summed E-state index contributed by atoms with van der Waals surface area (Å²) in [5.41, 5.74) is 1.29. The molecule has 0 unspecified atom stereocenters. The topological polar surface area (TPSA) is 54.0 Å². The molecule has 0 aliphatic rings. The van der Waals surface area contributed by atoms with Gasteiger partial charge < -0.3 is 18.9 Å². The Balaban J connectivity index is 2.42. The number of methoxy groups -OCH3 is 2. The molecule has 5 nitrogen and oxygen atoms in total. The standard InChI is InChI=1S/C14H18O5/c1-11(19-9-8-18-10-16-2)12-4-6-13(7-5-12)14(15)17-3/h4-7H,1,8-10H2,2-3H3. The minimum absolute atomic E-state index is 0.240. The van der Waals surface area contributed by atoms with Crippen molar-refractivity contribution in [2.75, 3.05) is 34.2 Å². The van der Waals surface area contributed by atoms with Crippen LogP contribution in [0.2, 0.25) is 0 Å². The zero-order valence-corrected chi connectivity index (χ0v) is 11.2. The van der Waals surface area contributed by atoms with Gasteiger partial charge in [0.1, 0.15) is 19.2 Å². The lowest BCUT2D eigenvalue weighted by molar-refractivity contribution is -0.0410. The maximum Gasteiger partial charge on any atom is 0.337 e. The van der Waals surface area contributed by atoms with E-state index in [1.54, 1.807) is 31.4 Å². The molecule has 0 N–H and O–H groups in total. The van der Waals surface area contributed by atoms with Crippen LogP contribution in [-0.2, 0) is 18.9 Å². The summed E-state index contributed by atoms with van der Waals surface area (Å²) in [6.45, 7) is 4.87. The van der Waals surface area contributed by atoms with Crippen LogP contribution in [0.15, 0.2) is 30.8 Å². The third-order valence-electron chi connectivity index (χ3n) is 2.33. The predicted octanol–water partition coefficient (Wildman–Crippen LogP) is 2.08. The second kappa shape index (κ2) is 8.29. The largest absolute Gasteiger partial charge is 0.491 e. The van der Waals surface area contributed by atoms with E-state index in [2.05, 4.69) is 11.3 Å². The molecule has 0 bridgehead atoms. The van der Waals surface area contributed by atoms with Gasteiger partial charge in [0.2, 0.25) is 0 Å². The van der Waals surface area contributed by atoms with Crippen molar-refractivity contribution >= 4 is 11.7 Å². The van der Waals surface area contributed by atoms with Crippen molar-refractivity contribution in [3.63, 3.8) is 0 Å². The van der Waals surface area contributed by atoms with E-state index in [4.69, 9.17) is 14.2 Å². The number of benzene rings is 1. The molecule has 0 heterocycles. The van der Waals surface area contributed by atoms with Gasteiger partial charge >= 0.3 is 5.97 Å². The second-order valence-corrected chi connectivity index (χ2v) is 3.66. The normalized spacial score (nSPS) is 10.0. The van der Waals surface area contributed by atoms with E-state index in [1.165, 1.54) is 7.11 Å². The van der Waals surface area contributed by atoms with Crippen LogP contribution in [0.4, 0.5) is 0 Å². The first-order valence-electron chi connectivity index (χ1n) is 5.76. The average Bonchev–Trinajstić information content (AvgIpc) is 2.46. The molecule has 0 fully saturated rings. The summed E-state index contributed by atoms with van der Waals surface area (Å²) in [6, 6.07) is 6.84. The van der Waals surface area contributed by atoms with Crippen molar-refractivity contribution in [1.82, 2.24) is 0 Å². The highest BCUT2D eigenvalue weighted by Crippen LogP contribution is 2.15. The molecule has 1 aromatic carbocycles. The zero-order chi connectivity index (χ0) is 14.1. The highest BCUT2D eigenvalue weighted by atomic mass is 16.7. The Morgan fingerprint density at radius 1 is 1.11 bits per heavy atom. The van der Waals surface area contributed by atoms with E-state index >= 15 is 0 Å². The Morgan fingerprint density at radius 3 is 2.32 bits per heavy atom. The first kappa shape index (κ1) is 15.2. The molecule has 19 heavy (non-hydrogen) atoms. The minimum atomic E-state index is -0.369. The summed E-state index contributed by atoms with van der Waals surface area (Å²) in [5, 5.41) is 0. The van der Waals surface area contributed by atoms with Gasteiger partial charge in [-0.3, -0.25) is 0 Å². The zero-order valence-electron chi connectivity index (χ0n) is 11.2. The van der Waals surface area contributed by atoms with Crippen LogP contribution < -0.4 is 0 Å². The lowest BCUT2D eigenvalue weighted by Crippen LogP contribution is -2.05. The fourth-order valence-electron chi connectivity index (χ4n) is 1.36. The van der Waals surface area contributed by atoms with Gasteiger partial charge in [0.25, 0.3) is 0 Å². The van der Waals surface area contributed by atoms with Crippen molar-refractivity contribution in [1.29, 1.82) is 0 Å². The molecule has 104 valence electrons. The van der Waals surface area contributed by atoms with Crippen LogP contribution >= 0.6 is 0 Å². The van der Waals surface area contributed by atoms with Crippen LogP contribution in [-0.4, -0.2) is 40.2 Å². The molecular formula is C14H18O5. The van der Waals surface area contributed by atoms with Crippen molar-refractivity contribution in [3.05, 3.63) is 42.0 Å². The summed E-state index contributed by atoms with van der Waals surface area (Å²) in [6.07, 6.45) is 0. The van der Waals surface area contributed by atoms with Crippen LogP contribution in [0.5, 0.6) is 0 Å². The summed E-state index contributed by atoms with van der Waals surface area (Å²) in [4.78, 5) is 11.3. The first-order chi connectivity index (χ1) is 9.19. The second-order valence-electron chi connectivity index (χ2n) is 3.66. The van der Waals surface area contributed by atoms with Crippen molar-refractivity contribution in [2.45, 2.75) is 0 Å². The Kier molecular flexibility index (Phi) is 6.63. The van der Waals surface area contributed by atoms with Crippen LogP contribution in [0.3, 0.4) is 0 Å². The molecule has 0 amide bonds. The maximum absolute atomic E-state index is 11.3. The molecule has 0 spiro atoms. The first-order valence-corrected chi connectivity index (χ1v) is 5.76. The van der Waals surface area contributed by atoms with Crippen LogP contribution in [0.1, 0.15) is 15.9 Å². The smallest absolute Gasteiger partial charge is 0.337 e. The Bertz CT molecular complexity index is 410. The van der Waals surface area contributed by atoms with E-state index in [9.17, 15) is 4.79 Å². The number of hydrogen-bond donors (Lipinski definition) is 0. The molecule has 1 aromatic rings. The Morgan fingerprint density at radius 2 is 1.74 bits per heavy atom. The van der Waals surface area contributed by atoms with E-state index in [-0.39, 0.29) is 12.8 Å². The van der Waals surface area contributed by atoms with Crippen molar-refractivity contribution < 1.29 is 23.7 Å². The van der Waals surface area contributed by atoms with E-state index in [0.29, 0.717) is 24.5 Å². The van der Waals surface area contributed by atoms with Gasteiger partial charge in [0.05, 0.1) is 19.3 Å². The highest BCUT2D eigenvalue weighted by molar-refractivity contribution is 5.89. The van der Waals surface area contributed by atoms with E-state index in [1.807, 2.05) is 0 Å². The van der Waals surface area contributed by atoms with Crippen molar-refractivity contribution in [2.24, 2.45) is 0 Å². The molecule has 0 aliphatic heterocycles. The lowest BCUT2D eigenvalue weighted by Gasteiger charge is -2.10. The molecule has 0 aliphatic carbocycles. The number of esters is 1. The molecule has 5 heteroatoms. The SMILES string of the molecule is C=C(OCCOCOC)c1ccc(C(=O)OC)cc1. The van der Waals surface area contributed by atoms with Gasteiger partial charge in [-0.1, -0.05) is 18.7 Å². The molecule has 0 saturated heterocycles. The number of carbonyl (C=O) groups is 1. The maximum atomic E-state index is 11.3. The van der Waals surface area contributed by atoms with Crippen LogP contribution in [0, 0.1) is 0 Å². The van der Waals surface area contributed by atoms with Gasteiger partial charge in [-0.2, -0.15) is 0 Å². The van der Waals surface area contributed by atoms with Gasteiger partial charge in [-0.25, -0.2) is 4.79 Å². The predicted molar refractivity (Wildman–Crippen MR) is 70.6 cm³/mol. The number of ether oxygens (including phenoxy) is 4. The fourth-order valence-corrected chi connectivity index (χ4v) is 1.36. The Labute approximate surface area is 112 Å². The number of hydrogen-bond acceptors (Lipinski definition) is 5. The fraction of sp³-hybridized carbons (Fsp3) is 0.357. The highest BCUT2D eigenvalue weighted by Gasteiger charge is 2.06. The van der Waals surface area contributed by atoms with Gasteiger partial charge in [-0.15, -0.1) is 0 Å². The molecule has 0 saturated carbocycles. The monoisotopic (exact) mass is 266 g/mol. The van der Waals surface area contributed by atoms with Crippen molar-refractivity contribution in [3.8, 4) is 0 Å². The third kappa shape index (κ3) is 5.11. The van der Waals surface area contributed by atoms with E-state index in [0.717, 1.165) is 5.56 Å². The molecule has 1 rings (SSSR count).